The van der Waals surface area contributed by atoms with Gasteiger partial charge in [0.1, 0.15) is 30.2 Å². The number of hydrogen-bond acceptors (Lipinski definition) is 12. The molecule has 6 amide bonds. The first kappa shape index (κ1) is 45.4. The Morgan fingerprint density at radius 3 is 2.06 bits per heavy atom. The standard InChI is InChI=1S/C34H53N9O10S/c1-18(36)29(47)42-26(17-44)32(50)40-23(11-13-54-3)30(48)43-28(19(2)45)33(51)38-16-27(46)39-25(14-20-15-37-22-9-5-4-8-21(20)22)31(49)41-24(34(52)53)10-6-7-12-35/h4-5,8-9,15,18-19,23-26,28,37,44-45H,6-7,10-14,16-17,35-36H2,1-3H3,(H,38,51)(H,39,46)(H,40,50)(H,41,49)(H,42,47)(H,43,48)(H,52,53)/t18-,19+,23-,24-,25-,26-,28-/m0/s1. The van der Waals surface area contributed by atoms with Crippen molar-refractivity contribution in [1.82, 2.24) is 36.9 Å². The highest BCUT2D eigenvalue weighted by molar-refractivity contribution is 7.98. The fourth-order valence-corrected chi connectivity index (χ4v) is 5.68. The van der Waals surface area contributed by atoms with Crippen molar-refractivity contribution in [3.63, 3.8) is 0 Å². The number of carbonyl (C=O) groups excluding carboxylic acids is 6. The molecule has 2 aromatic rings. The van der Waals surface area contributed by atoms with E-state index in [9.17, 15) is 48.9 Å². The number of para-hydroxylation sites is 1. The highest BCUT2D eigenvalue weighted by Gasteiger charge is 2.32. The number of benzene rings is 1. The average molecular weight is 780 g/mol. The van der Waals surface area contributed by atoms with E-state index in [0.29, 0.717) is 30.7 Å². The van der Waals surface area contributed by atoms with E-state index >= 15 is 0 Å². The van der Waals surface area contributed by atoms with Crippen LogP contribution in [0.15, 0.2) is 30.5 Å². The van der Waals surface area contributed by atoms with Crippen LogP contribution >= 0.6 is 11.8 Å². The molecule has 0 aliphatic heterocycles. The first-order chi connectivity index (χ1) is 25.6. The Kier molecular flexibility index (Phi) is 19.4. The lowest BCUT2D eigenvalue weighted by atomic mass is 10.0. The number of aromatic nitrogens is 1. The summed E-state index contributed by atoms with van der Waals surface area (Å²) in [6.07, 6.45) is 3.10. The molecule has 2 rings (SSSR count). The monoisotopic (exact) mass is 779 g/mol. The van der Waals surface area contributed by atoms with Gasteiger partial charge in [-0.3, -0.25) is 28.8 Å². The molecule has 14 N–H and O–H groups in total. The van der Waals surface area contributed by atoms with Gasteiger partial charge >= 0.3 is 5.97 Å². The number of nitrogens with one attached hydrogen (secondary N) is 7. The smallest absolute Gasteiger partial charge is 0.326 e. The number of H-pyrrole nitrogens is 1. The van der Waals surface area contributed by atoms with Gasteiger partial charge in [-0.1, -0.05) is 18.2 Å². The predicted molar refractivity (Wildman–Crippen MR) is 201 cm³/mol. The summed E-state index contributed by atoms with van der Waals surface area (Å²) in [6, 6.07) is -0.494. The second-order valence-electron chi connectivity index (χ2n) is 12.7. The summed E-state index contributed by atoms with van der Waals surface area (Å²) >= 11 is 1.36. The quantitative estimate of drug-likeness (QED) is 0.0472. The number of thioether (sulfide) groups is 1. The molecule has 1 aromatic heterocycles. The van der Waals surface area contributed by atoms with Crippen LogP contribution in [0.2, 0.25) is 0 Å². The van der Waals surface area contributed by atoms with E-state index < -0.39 is 96.9 Å². The Morgan fingerprint density at radius 1 is 0.815 bits per heavy atom. The number of aliphatic carboxylic acids is 1. The largest absolute Gasteiger partial charge is 0.480 e. The van der Waals surface area contributed by atoms with Crippen LogP contribution in [-0.4, -0.2) is 136 Å². The maximum Gasteiger partial charge on any atom is 0.326 e. The third-order valence-corrected chi connectivity index (χ3v) is 8.91. The highest BCUT2D eigenvalue weighted by Crippen LogP contribution is 2.19. The minimum absolute atomic E-state index is 0.0355. The van der Waals surface area contributed by atoms with Crippen LogP contribution in [-0.2, 0) is 40.0 Å². The SMILES string of the molecule is CSCC[C@H](NC(=O)[C@H](CO)NC(=O)[C@H](C)N)C(=O)N[C@H](C(=O)NCC(=O)N[C@@H](Cc1c[nH]c2ccccc12)C(=O)N[C@@H](CCCCN)C(=O)O)[C@@H](C)O. The molecule has 0 aliphatic rings. The molecule has 54 heavy (non-hydrogen) atoms. The number of nitrogens with two attached hydrogens (primary N) is 2. The molecule has 0 fully saturated rings. The van der Waals surface area contributed by atoms with E-state index in [0.717, 1.165) is 10.9 Å². The van der Waals surface area contributed by atoms with E-state index in [2.05, 4.69) is 36.9 Å². The number of aliphatic hydroxyl groups excluding tert-OH is 2. The zero-order valence-electron chi connectivity index (χ0n) is 30.6. The summed E-state index contributed by atoms with van der Waals surface area (Å²) in [5.41, 5.74) is 12.5. The summed E-state index contributed by atoms with van der Waals surface area (Å²) in [6.45, 7) is 1.46. The molecular weight excluding hydrogens is 726 g/mol. The fraction of sp³-hybridized carbons (Fsp3) is 0.559. The Labute approximate surface area is 316 Å². The van der Waals surface area contributed by atoms with Crippen LogP contribution in [0.3, 0.4) is 0 Å². The molecule has 300 valence electrons. The normalized spacial score (nSPS) is 15.0. The Balaban J connectivity index is 2.17. The molecule has 19 nitrogen and oxygen atoms in total. The number of fused-ring (bicyclic) bond motifs is 1. The third-order valence-electron chi connectivity index (χ3n) is 8.27. The first-order valence-corrected chi connectivity index (χ1v) is 18.8. The van der Waals surface area contributed by atoms with Crippen molar-refractivity contribution in [2.45, 2.75) is 88.3 Å². The van der Waals surface area contributed by atoms with Gasteiger partial charge in [0.2, 0.25) is 35.4 Å². The van der Waals surface area contributed by atoms with Crippen LogP contribution in [0.4, 0.5) is 0 Å². The molecule has 0 radical (unpaired) electrons. The van der Waals surface area contributed by atoms with Crippen LogP contribution in [0, 0.1) is 0 Å². The molecule has 20 heteroatoms. The second kappa shape index (κ2) is 23.1. The van der Waals surface area contributed by atoms with Gasteiger partial charge in [0.15, 0.2) is 0 Å². The number of hydrogen-bond donors (Lipinski definition) is 12. The maximum atomic E-state index is 13.4. The van der Waals surface area contributed by atoms with Crippen molar-refractivity contribution in [1.29, 1.82) is 0 Å². The van der Waals surface area contributed by atoms with Crippen molar-refractivity contribution in [3.05, 3.63) is 36.0 Å². The average Bonchev–Trinajstić information content (AvgIpc) is 3.54. The minimum atomic E-state index is -1.60. The number of aromatic amines is 1. The maximum absolute atomic E-state index is 13.4. The Morgan fingerprint density at radius 2 is 1.44 bits per heavy atom. The van der Waals surface area contributed by atoms with Gasteiger partial charge in [-0.2, -0.15) is 11.8 Å². The van der Waals surface area contributed by atoms with E-state index in [4.69, 9.17) is 11.5 Å². The zero-order chi connectivity index (χ0) is 40.4. The molecule has 0 aliphatic carbocycles. The number of rotatable bonds is 24. The second-order valence-corrected chi connectivity index (χ2v) is 13.7. The summed E-state index contributed by atoms with van der Waals surface area (Å²) < 4.78 is 0. The lowest BCUT2D eigenvalue weighted by Gasteiger charge is -2.26. The van der Waals surface area contributed by atoms with Crippen molar-refractivity contribution in [3.8, 4) is 0 Å². The number of amides is 6. The summed E-state index contributed by atoms with van der Waals surface area (Å²) in [4.78, 5) is 92.9. The minimum Gasteiger partial charge on any atom is -0.480 e. The Bertz CT molecular complexity index is 1590. The van der Waals surface area contributed by atoms with Crippen LogP contribution < -0.4 is 43.4 Å². The lowest BCUT2D eigenvalue weighted by Crippen LogP contribution is -2.60. The van der Waals surface area contributed by atoms with Gasteiger partial charge in [-0.25, -0.2) is 4.79 Å². The van der Waals surface area contributed by atoms with Crippen LogP contribution in [0.25, 0.3) is 10.9 Å². The molecule has 1 aromatic carbocycles. The van der Waals surface area contributed by atoms with Gasteiger partial charge in [0.05, 0.1) is 25.3 Å². The van der Waals surface area contributed by atoms with Crippen LogP contribution in [0.5, 0.6) is 0 Å². The van der Waals surface area contributed by atoms with E-state index in [-0.39, 0.29) is 19.3 Å². The van der Waals surface area contributed by atoms with Gasteiger partial charge in [0.25, 0.3) is 0 Å². The molecule has 0 saturated carbocycles. The molecule has 0 spiro atoms. The number of carboxylic acid groups (broad SMARTS) is 1. The van der Waals surface area contributed by atoms with E-state index in [1.54, 1.807) is 18.5 Å². The highest BCUT2D eigenvalue weighted by atomic mass is 32.2. The van der Waals surface area contributed by atoms with E-state index in [1.807, 2.05) is 18.2 Å². The first-order valence-electron chi connectivity index (χ1n) is 17.4. The zero-order valence-corrected chi connectivity index (χ0v) is 31.4. The van der Waals surface area contributed by atoms with Gasteiger partial charge < -0.3 is 63.7 Å². The van der Waals surface area contributed by atoms with E-state index in [1.165, 1.54) is 25.6 Å². The topological polar surface area (TPSA) is 320 Å². The molecule has 1 heterocycles. The van der Waals surface area contributed by atoms with Crippen molar-refractivity contribution in [2.24, 2.45) is 11.5 Å². The van der Waals surface area contributed by atoms with Gasteiger partial charge in [-0.05, 0) is 69.7 Å². The molecule has 0 saturated heterocycles. The van der Waals surface area contributed by atoms with Gasteiger partial charge in [-0.15, -0.1) is 0 Å². The van der Waals surface area contributed by atoms with Crippen molar-refractivity contribution >= 4 is 64.1 Å². The number of aliphatic hydroxyl groups is 2. The van der Waals surface area contributed by atoms with Gasteiger partial charge in [0, 0.05) is 23.5 Å². The van der Waals surface area contributed by atoms with Crippen LogP contribution in [0.1, 0.15) is 45.1 Å². The molecular formula is C34H53N9O10S. The lowest BCUT2D eigenvalue weighted by molar-refractivity contribution is -0.142. The molecule has 0 bridgehead atoms. The Hall–Kier alpha value is -4.76. The predicted octanol–water partition coefficient (Wildman–Crippen LogP) is -3.06. The summed E-state index contributed by atoms with van der Waals surface area (Å²) in [5, 5.41) is 45.0. The molecule has 7 atom stereocenters. The summed E-state index contributed by atoms with van der Waals surface area (Å²) in [5.74, 6) is -5.91. The summed E-state index contributed by atoms with van der Waals surface area (Å²) in [7, 11) is 0. The van der Waals surface area contributed by atoms with Crippen molar-refractivity contribution < 1.29 is 48.9 Å². The molecule has 0 unspecified atom stereocenters. The number of carbonyl (C=O) groups is 7. The number of carboxylic acids is 1. The fourth-order valence-electron chi connectivity index (χ4n) is 5.21. The third kappa shape index (κ3) is 14.6. The van der Waals surface area contributed by atoms with Crippen molar-refractivity contribution in [2.75, 3.05) is 31.7 Å². The number of unbranched alkanes of at least 4 members (excludes halogenated alkanes) is 1.